The molecule has 0 aliphatic carbocycles. The summed E-state index contributed by atoms with van der Waals surface area (Å²) in [7, 11) is 1.67. The number of ether oxygens (including phenoxy) is 1. The monoisotopic (exact) mass is 355 g/mol. The maximum atomic E-state index is 14.1. The first-order valence-electron chi connectivity index (χ1n) is 8.42. The summed E-state index contributed by atoms with van der Waals surface area (Å²) >= 11 is 0. The van der Waals surface area contributed by atoms with Crippen LogP contribution in [0.25, 0.3) is 5.57 Å². The van der Waals surface area contributed by atoms with Crippen molar-refractivity contribution in [3.05, 3.63) is 59.5 Å². The van der Waals surface area contributed by atoms with E-state index in [1.165, 1.54) is 6.07 Å². The standard InChI is InChI=1S/C20H22FN3O2/c1-12-9-14(7-8-17(12)23-13(2)11-26-3)22-10-15-19-16(21)5-4-6-18(19)24-20(15)25/h4-10,13,22-23H,11H2,1-3H3,(H,24,25). The fraction of sp³-hybridized carbons (Fsp3) is 0.250. The van der Waals surface area contributed by atoms with E-state index in [4.69, 9.17) is 4.74 Å². The Morgan fingerprint density at radius 2 is 2.12 bits per heavy atom. The van der Waals surface area contributed by atoms with Gasteiger partial charge < -0.3 is 20.7 Å². The van der Waals surface area contributed by atoms with Crippen LogP contribution in [0.15, 0.2) is 42.6 Å². The Bertz CT molecular complexity index is 864. The van der Waals surface area contributed by atoms with Gasteiger partial charge in [-0.25, -0.2) is 4.39 Å². The number of nitrogens with one attached hydrogen (secondary N) is 3. The number of carbonyl (C=O) groups excluding carboxylic acids is 1. The molecule has 6 heteroatoms. The summed E-state index contributed by atoms with van der Waals surface area (Å²) in [5.41, 5.74) is 3.96. The van der Waals surface area contributed by atoms with E-state index in [9.17, 15) is 9.18 Å². The molecule has 1 aliphatic heterocycles. The SMILES string of the molecule is COCC(C)Nc1ccc(NC=C2C(=O)Nc3cccc(F)c32)cc1C. The maximum Gasteiger partial charge on any atom is 0.257 e. The molecule has 0 saturated carbocycles. The van der Waals surface area contributed by atoms with Crippen molar-refractivity contribution in [2.75, 3.05) is 29.7 Å². The second-order valence-electron chi connectivity index (χ2n) is 6.35. The van der Waals surface area contributed by atoms with Crippen LogP contribution in [-0.4, -0.2) is 25.7 Å². The summed E-state index contributed by atoms with van der Waals surface area (Å²) in [6.07, 6.45) is 1.54. The van der Waals surface area contributed by atoms with Gasteiger partial charge in [0.1, 0.15) is 5.82 Å². The predicted molar refractivity (Wildman–Crippen MR) is 103 cm³/mol. The number of fused-ring (bicyclic) bond motifs is 1. The molecule has 3 N–H and O–H groups in total. The third kappa shape index (κ3) is 3.70. The van der Waals surface area contributed by atoms with Crippen LogP contribution in [0.5, 0.6) is 0 Å². The summed E-state index contributed by atoms with van der Waals surface area (Å²) in [5.74, 6) is -0.738. The number of benzene rings is 2. The zero-order valence-corrected chi connectivity index (χ0v) is 15.0. The fourth-order valence-electron chi connectivity index (χ4n) is 2.97. The minimum atomic E-state index is -0.420. The highest BCUT2D eigenvalue weighted by Gasteiger charge is 2.27. The van der Waals surface area contributed by atoms with Crippen molar-refractivity contribution in [1.82, 2.24) is 0 Å². The molecule has 1 unspecified atom stereocenters. The highest BCUT2D eigenvalue weighted by Crippen LogP contribution is 2.33. The van der Waals surface area contributed by atoms with Gasteiger partial charge in [-0.05, 0) is 49.7 Å². The number of halogens is 1. The minimum absolute atomic E-state index is 0.196. The third-order valence-electron chi connectivity index (χ3n) is 4.20. The van der Waals surface area contributed by atoms with E-state index >= 15 is 0 Å². The molecule has 0 bridgehead atoms. The van der Waals surface area contributed by atoms with Crippen LogP contribution < -0.4 is 16.0 Å². The quantitative estimate of drug-likeness (QED) is 0.686. The average Bonchev–Trinajstić information content (AvgIpc) is 2.92. The van der Waals surface area contributed by atoms with E-state index in [1.807, 2.05) is 32.0 Å². The van der Waals surface area contributed by atoms with Gasteiger partial charge in [-0.3, -0.25) is 4.79 Å². The van der Waals surface area contributed by atoms with Gasteiger partial charge in [0, 0.05) is 36.3 Å². The van der Waals surface area contributed by atoms with E-state index in [0.717, 1.165) is 16.9 Å². The van der Waals surface area contributed by atoms with E-state index in [0.29, 0.717) is 17.9 Å². The van der Waals surface area contributed by atoms with Crippen LogP contribution >= 0.6 is 0 Å². The Hall–Kier alpha value is -2.86. The molecule has 1 aliphatic rings. The molecule has 136 valence electrons. The molecule has 2 aromatic rings. The second kappa shape index (κ2) is 7.58. The zero-order valence-electron chi connectivity index (χ0n) is 15.0. The molecular formula is C20H22FN3O2. The lowest BCUT2D eigenvalue weighted by Gasteiger charge is -2.17. The van der Waals surface area contributed by atoms with Gasteiger partial charge in [-0.15, -0.1) is 0 Å². The molecule has 26 heavy (non-hydrogen) atoms. The van der Waals surface area contributed by atoms with Gasteiger partial charge in [0.2, 0.25) is 0 Å². The summed E-state index contributed by atoms with van der Waals surface area (Å²) in [5, 5.41) is 9.14. The van der Waals surface area contributed by atoms with Crippen molar-refractivity contribution >= 4 is 28.5 Å². The minimum Gasteiger partial charge on any atom is -0.383 e. The number of amides is 1. The van der Waals surface area contributed by atoms with Crippen LogP contribution in [-0.2, 0) is 9.53 Å². The molecule has 0 saturated heterocycles. The lowest BCUT2D eigenvalue weighted by Crippen LogP contribution is -2.21. The van der Waals surface area contributed by atoms with Gasteiger partial charge in [-0.1, -0.05) is 6.07 Å². The topological polar surface area (TPSA) is 62.4 Å². The number of anilines is 3. The smallest absolute Gasteiger partial charge is 0.257 e. The van der Waals surface area contributed by atoms with Crippen molar-refractivity contribution in [3.63, 3.8) is 0 Å². The Balaban J connectivity index is 1.77. The van der Waals surface area contributed by atoms with Crippen molar-refractivity contribution in [1.29, 1.82) is 0 Å². The summed E-state index contributed by atoms with van der Waals surface area (Å²) in [6, 6.07) is 10.6. The molecule has 0 fully saturated rings. The lowest BCUT2D eigenvalue weighted by molar-refractivity contribution is -0.110. The first-order chi connectivity index (χ1) is 12.5. The first-order valence-corrected chi connectivity index (χ1v) is 8.42. The number of hydrogen-bond donors (Lipinski definition) is 3. The van der Waals surface area contributed by atoms with E-state index in [2.05, 4.69) is 16.0 Å². The van der Waals surface area contributed by atoms with Crippen LogP contribution in [0, 0.1) is 12.7 Å². The number of aryl methyl sites for hydroxylation is 1. The normalized spacial score (nSPS) is 15.5. The van der Waals surface area contributed by atoms with Crippen LogP contribution in [0.2, 0.25) is 0 Å². The molecule has 3 rings (SSSR count). The Labute approximate surface area is 152 Å². The highest BCUT2D eigenvalue weighted by atomic mass is 19.1. The van der Waals surface area contributed by atoms with Crippen LogP contribution in [0.3, 0.4) is 0 Å². The summed E-state index contributed by atoms with van der Waals surface area (Å²) < 4.78 is 19.2. The summed E-state index contributed by atoms with van der Waals surface area (Å²) in [6.45, 7) is 4.66. The van der Waals surface area contributed by atoms with Gasteiger partial charge in [-0.2, -0.15) is 0 Å². The molecule has 1 amide bonds. The van der Waals surface area contributed by atoms with Gasteiger partial charge >= 0.3 is 0 Å². The zero-order chi connectivity index (χ0) is 18.7. The molecular weight excluding hydrogens is 333 g/mol. The Morgan fingerprint density at radius 3 is 2.85 bits per heavy atom. The molecule has 0 spiro atoms. The maximum absolute atomic E-state index is 14.1. The molecule has 0 radical (unpaired) electrons. The van der Waals surface area contributed by atoms with Gasteiger partial charge in [0.25, 0.3) is 5.91 Å². The van der Waals surface area contributed by atoms with E-state index in [1.54, 1.807) is 25.4 Å². The second-order valence-corrected chi connectivity index (χ2v) is 6.35. The Morgan fingerprint density at radius 1 is 1.31 bits per heavy atom. The first kappa shape index (κ1) is 17.9. The number of carbonyl (C=O) groups is 1. The average molecular weight is 355 g/mol. The molecule has 5 nitrogen and oxygen atoms in total. The number of methoxy groups -OCH3 is 1. The van der Waals surface area contributed by atoms with Gasteiger partial charge in [0.05, 0.1) is 17.9 Å². The van der Waals surface area contributed by atoms with Crippen LogP contribution in [0.1, 0.15) is 18.1 Å². The van der Waals surface area contributed by atoms with Gasteiger partial charge in [0.15, 0.2) is 0 Å². The molecule has 1 heterocycles. The van der Waals surface area contributed by atoms with Crippen molar-refractivity contribution in [2.24, 2.45) is 0 Å². The fourth-order valence-corrected chi connectivity index (χ4v) is 2.97. The Kier molecular flexibility index (Phi) is 5.23. The molecule has 0 aromatic heterocycles. The molecule has 2 aromatic carbocycles. The molecule has 1 atom stereocenters. The van der Waals surface area contributed by atoms with Crippen molar-refractivity contribution in [3.8, 4) is 0 Å². The van der Waals surface area contributed by atoms with Crippen molar-refractivity contribution in [2.45, 2.75) is 19.9 Å². The lowest BCUT2D eigenvalue weighted by atomic mass is 10.1. The van der Waals surface area contributed by atoms with Crippen molar-refractivity contribution < 1.29 is 13.9 Å². The van der Waals surface area contributed by atoms with Crippen LogP contribution in [0.4, 0.5) is 21.5 Å². The third-order valence-corrected chi connectivity index (χ3v) is 4.20. The highest BCUT2D eigenvalue weighted by molar-refractivity contribution is 6.31. The summed E-state index contributed by atoms with van der Waals surface area (Å²) in [4.78, 5) is 12.1. The van der Waals surface area contributed by atoms with E-state index in [-0.39, 0.29) is 17.5 Å². The largest absolute Gasteiger partial charge is 0.383 e. The number of rotatable bonds is 6. The number of hydrogen-bond acceptors (Lipinski definition) is 4. The van der Waals surface area contributed by atoms with E-state index < -0.39 is 5.82 Å². The predicted octanol–water partition coefficient (Wildman–Crippen LogP) is 3.99.